The molecule has 7 nitrogen and oxygen atoms in total. The van der Waals surface area contributed by atoms with Crippen molar-refractivity contribution < 1.29 is 14.2 Å². The van der Waals surface area contributed by atoms with E-state index >= 15 is 0 Å². The molecule has 31 heavy (non-hydrogen) atoms. The van der Waals surface area contributed by atoms with Crippen molar-refractivity contribution in [3.8, 4) is 17.2 Å². The minimum atomic E-state index is 0.245. The number of nitrogens with zero attached hydrogens (tertiary/aromatic N) is 3. The molecule has 0 amide bonds. The molecule has 0 spiro atoms. The Morgan fingerprint density at radius 1 is 1.10 bits per heavy atom. The van der Waals surface area contributed by atoms with Crippen LogP contribution in [-0.2, 0) is 6.67 Å². The van der Waals surface area contributed by atoms with E-state index in [0.29, 0.717) is 6.67 Å². The van der Waals surface area contributed by atoms with Crippen LogP contribution < -0.4 is 19.5 Å². The number of benzene rings is 2. The third kappa shape index (κ3) is 4.68. The first-order valence-electron chi connectivity index (χ1n) is 10.1. The number of ether oxygens (including phenoxy) is 3. The smallest absolute Gasteiger partial charge is 0.209 e. The Morgan fingerprint density at radius 3 is 2.68 bits per heavy atom. The lowest BCUT2D eigenvalue weighted by molar-refractivity contribution is 0.188. The highest BCUT2D eigenvalue weighted by atomic mass is 32.1. The van der Waals surface area contributed by atoms with E-state index < -0.39 is 0 Å². The summed E-state index contributed by atoms with van der Waals surface area (Å²) in [4.78, 5) is 2.40. The third-order valence-electron chi connectivity index (χ3n) is 5.43. The van der Waals surface area contributed by atoms with E-state index in [1.807, 2.05) is 41.1 Å². The van der Waals surface area contributed by atoms with Crippen LogP contribution in [0.4, 0.5) is 10.8 Å². The van der Waals surface area contributed by atoms with E-state index in [1.165, 1.54) is 11.3 Å². The lowest BCUT2D eigenvalue weighted by Gasteiger charge is -2.26. The second-order valence-electron chi connectivity index (χ2n) is 7.22. The van der Waals surface area contributed by atoms with Crippen molar-refractivity contribution >= 4 is 34.4 Å². The fourth-order valence-electron chi connectivity index (χ4n) is 3.92. The zero-order valence-corrected chi connectivity index (χ0v) is 19.5. The molecule has 0 bridgehead atoms. The van der Waals surface area contributed by atoms with Gasteiger partial charge in [0.15, 0.2) is 3.95 Å². The van der Waals surface area contributed by atoms with Gasteiger partial charge in [0, 0.05) is 24.2 Å². The van der Waals surface area contributed by atoms with Crippen LogP contribution in [0.25, 0.3) is 0 Å². The molecule has 0 aliphatic carbocycles. The normalized spacial score (nSPS) is 16.3. The van der Waals surface area contributed by atoms with Crippen molar-refractivity contribution in [3.05, 3.63) is 52.0 Å². The van der Waals surface area contributed by atoms with Crippen molar-refractivity contribution in [2.24, 2.45) is 0 Å². The van der Waals surface area contributed by atoms with E-state index in [4.69, 9.17) is 31.5 Å². The SMILES string of the molecule is COc1ccc(C2CCCN2Cn2nc(Nc3ccccc3OC)sc2=S)c(OC)c1. The molecular weight excluding hydrogens is 432 g/mol. The maximum Gasteiger partial charge on any atom is 0.209 e. The van der Waals surface area contributed by atoms with Gasteiger partial charge in [-0.3, -0.25) is 4.90 Å². The van der Waals surface area contributed by atoms with Crippen molar-refractivity contribution in [2.45, 2.75) is 25.6 Å². The van der Waals surface area contributed by atoms with Crippen molar-refractivity contribution in [1.29, 1.82) is 0 Å². The van der Waals surface area contributed by atoms with Gasteiger partial charge in [0.25, 0.3) is 0 Å². The average molecular weight is 459 g/mol. The number of likely N-dealkylation sites (tertiary alicyclic amines) is 1. The summed E-state index contributed by atoms with van der Waals surface area (Å²) in [6.45, 7) is 1.61. The molecule has 2 heterocycles. The first-order valence-corrected chi connectivity index (χ1v) is 11.3. The van der Waals surface area contributed by atoms with Crippen LogP contribution in [0.2, 0.25) is 0 Å². The minimum Gasteiger partial charge on any atom is -0.497 e. The third-order valence-corrected chi connectivity index (χ3v) is 6.66. The average Bonchev–Trinajstić information content (AvgIpc) is 3.40. The van der Waals surface area contributed by atoms with E-state index in [9.17, 15) is 0 Å². The molecule has 0 radical (unpaired) electrons. The number of aromatic nitrogens is 2. The molecule has 4 rings (SSSR count). The Hall–Kier alpha value is -2.62. The fourth-order valence-corrected chi connectivity index (χ4v) is 4.93. The lowest BCUT2D eigenvalue weighted by Crippen LogP contribution is -2.27. The van der Waals surface area contributed by atoms with Gasteiger partial charge in [-0.25, -0.2) is 4.68 Å². The van der Waals surface area contributed by atoms with Gasteiger partial charge in [-0.05, 0) is 43.3 Å². The van der Waals surface area contributed by atoms with Crippen molar-refractivity contribution in [2.75, 3.05) is 33.2 Å². The maximum absolute atomic E-state index is 5.65. The second kappa shape index (κ2) is 9.67. The highest BCUT2D eigenvalue weighted by molar-refractivity contribution is 7.73. The Morgan fingerprint density at radius 2 is 1.90 bits per heavy atom. The maximum atomic E-state index is 5.65. The number of anilines is 2. The highest BCUT2D eigenvalue weighted by Crippen LogP contribution is 2.39. The van der Waals surface area contributed by atoms with Gasteiger partial charge in [0.1, 0.15) is 17.2 Å². The summed E-state index contributed by atoms with van der Waals surface area (Å²) in [5.41, 5.74) is 2.03. The number of nitrogens with one attached hydrogen (secondary N) is 1. The summed E-state index contributed by atoms with van der Waals surface area (Å²) in [6, 6.07) is 14.0. The van der Waals surface area contributed by atoms with Gasteiger partial charge in [0.05, 0.1) is 33.7 Å². The van der Waals surface area contributed by atoms with Gasteiger partial charge >= 0.3 is 0 Å². The first kappa shape index (κ1) is 21.6. The summed E-state index contributed by atoms with van der Waals surface area (Å²) in [7, 11) is 5.02. The number of rotatable bonds is 8. The number of hydrogen-bond acceptors (Lipinski definition) is 8. The molecule has 164 valence electrons. The Balaban J connectivity index is 1.53. The molecule has 1 fully saturated rings. The predicted molar refractivity (Wildman–Crippen MR) is 125 cm³/mol. The molecule has 1 saturated heterocycles. The Labute approximate surface area is 191 Å². The van der Waals surface area contributed by atoms with Gasteiger partial charge < -0.3 is 19.5 Å². The molecule has 0 saturated carbocycles. The largest absolute Gasteiger partial charge is 0.497 e. The van der Waals surface area contributed by atoms with Crippen LogP contribution in [-0.4, -0.2) is 42.6 Å². The quantitative estimate of drug-likeness (QED) is 0.463. The molecule has 1 unspecified atom stereocenters. The first-order chi connectivity index (χ1) is 15.1. The van der Waals surface area contributed by atoms with E-state index in [0.717, 1.165) is 57.0 Å². The van der Waals surface area contributed by atoms with E-state index in [1.54, 1.807) is 21.3 Å². The lowest BCUT2D eigenvalue weighted by atomic mass is 10.0. The Kier molecular flexibility index (Phi) is 6.74. The van der Waals surface area contributed by atoms with Gasteiger partial charge in [-0.15, -0.1) is 5.10 Å². The highest BCUT2D eigenvalue weighted by Gasteiger charge is 2.29. The molecular formula is C22H26N4O3S2. The summed E-state index contributed by atoms with van der Waals surface area (Å²) < 4.78 is 19.0. The predicted octanol–water partition coefficient (Wildman–Crippen LogP) is 5.24. The number of para-hydroxylation sites is 2. The number of hydrogen-bond donors (Lipinski definition) is 1. The molecule has 1 N–H and O–H groups in total. The molecule has 1 aliphatic heterocycles. The van der Waals surface area contributed by atoms with Crippen molar-refractivity contribution in [1.82, 2.24) is 14.7 Å². The van der Waals surface area contributed by atoms with Crippen LogP contribution in [0, 0.1) is 3.95 Å². The van der Waals surface area contributed by atoms with Crippen LogP contribution >= 0.6 is 23.6 Å². The fraction of sp³-hybridized carbons (Fsp3) is 0.364. The summed E-state index contributed by atoms with van der Waals surface area (Å²) >= 11 is 7.06. The zero-order valence-electron chi connectivity index (χ0n) is 17.8. The summed E-state index contributed by atoms with van der Waals surface area (Å²) in [5, 5.41) is 8.78. The van der Waals surface area contributed by atoms with Crippen molar-refractivity contribution in [3.63, 3.8) is 0 Å². The van der Waals surface area contributed by atoms with E-state index in [-0.39, 0.29) is 6.04 Å². The standard InChI is InChI=1S/C22H26N4O3S2/c1-27-15-10-11-16(20(13-15)29-3)18-8-6-12-25(18)14-26-22(30)31-21(24-26)23-17-7-4-5-9-19(17)28-2/h4-5,7,9-11,13,18H,6,8,12,14H2,1-3H3,(H,23,24). The van der Waals surface area contributed by atoms with Gasteiger partial charge in [0.2, 0.25) is 5.13 Å². The molecule has 3 aromatic rings. The van der Waals surface area contributed by atoms with Crippen LogP contribution in [0.1, 0.15) is 24.4 Å². The molecule has 1 aliphatic rings. The topological polar surface area (TPSA) is 60.8 Å². The van der Waals surface area contributed by atoms with Gasteiger partial charge in [-0.2, -0.15) is 0 Å². The minimum absolute atomic E-state index is 0.245. The molecule has 9 heteroatoms. The summed E-state index contributed by atoms with van der Waals surface area (Å²) in [6.07, 6.45) is 2.18. The zero-order chi connectivity index (χ0) is 21.8. The Bertz CT molecular complexity index is 1100. The van der Waals surface area contributed by atoms with Crippen LogP contribution in [0.5, 0.6) is 17.2 Å². The molecule has 1 aromatic heterocycles. The second-order valence-corrected chi connectivity index (χ2v) is 8.84. The number of methoxy groups -OCH3 is 3. The molecule has 1 atom stereocenters. The summed E-state index contributed by atoms with van der Waals surface area (Å²) in [5.74, 6) is 2.40. The van der Waals surface area contributed by atoms with Crippen LogP contribution in [0.3, 0.4) is 0 Å². The monoisotopic (exact) mass is 458 g/mol. The van der Waals surface area contributed by atoms with Gasteiger partial charge in [-0.1, -0.05) is 29.5 Å². The molecule has 2 aromatic carbocycles. The van der Waals surface area contributed by atoms with E-state index in [2.05, 4.69) is 16.3 Å². The van der Waals surface area contributed by atoms with Crippen LogP contribution in [0.15, 0.2) is 42.5 Å².